The number of H-pyrrole nitrogens is 2. The molecule has 0 aliphatic carbocycles. The third kappa shape index (κ3) is 9.52. The van der Waals surface area contributed by atoms with Gasteiger partial charge in [0.15, 0.2) is 5.82 Å². The van der Waals surface area contributed by atoms with Gasteiger partial charge < -0.3 is 48.1 Å². The zero-order chi connectivity index (χ0) is 39.7. The Hall–Kier alpha value is -1.13. The first kappa shape index (κ1) is 55.2. The largest absolute Gasteiger partial charge is 2.00 e. The van der Waals surface area contributed by atoms with E-state index in [1.807, 2.05) is 0 Å². The fourth-order valence-corrected chi connectivity index (χ4v) is 11.6. The predicted molar refractivity (Wildman–Crippen MR) is 189 cm³/mol. The first-order valence-electron chi connectivity index (χ1n) is 15.5. The summed E-state index contributed by atoms with van der Waals surface area (Å²) in [6.45, 7) is 0. The normalized spacial score (nSPS) is 11.9. The summed E-state index contributed by atoms with van der Waals surface area (Å²) in [5, 5.41) is -1.06. The van der Waals surface area contributed by atoms with Crippen molar-refractivity contribution in [3.8, 4) is 22.8 Å². The molecular weight excluding hydrogens is 1030 g/mol. The quantitative estimate of drug-likeness (QED) is 0.122. The van der Waals surface area contributed by atoms with Gasteiger partial charge in [-0.05, 0) is 16.2 Å². The average Bonchev–Trinajstić information content (AvgIpc) is 3.84. The van der Waals surface area contributed by atoms with Crippen molar-refractivity contribution in [2.45, 2.75) is 19.6 Å². The number of aromatic nitrogens is 8. The van der Waals surface area contributed by atoms with Crippen molar-refractivity contribution < 1.29 is 203 Å². The number of hydrogen-bond acceptors (Lipinski definition) is 14. The van der Waals surface area contributed by atoms with Gasteiger partial charge in [0.1, 0.15) is 46.3 Å². The summed E-state index contributed by atoms with van der Waals surface area (Å²) in [5.74, 6) is -0.207. The molecular formula is C32H14N8Na4Ni2O12S4. The molecule has 4 aromatic carbocycles. The molecule has 0 fully saturated rings. The number of hydrogen-bond donors (Lipinski definition) is 2. The zero-order valence-corrected chi connectivity index (χ0v) is 45.0. The molecule has 1 aliphatic heterocycles. The molecule has 0 spiro atoms. The number of rotatable bonds is 4. The molecule has 5 heterocycles. The second-order valence-corrected chi connectivity index (χ2v) is 17.4. The molecule has 2 N–H and O–H groups in total. The van der Waals surface area contributed by atoms with Gasteiger partial charge in [0.05, 0.1) is 19.6 Å². The minimum Gasteiger partial charge on any atom is -0.744 e. The Morgan fingerprint density at radius 1 is 0.435 bits per heavy atom. The predicted octanol–water partition coefficient (Wildman–Crippen LogP) is -10.0. The molecule has 20 nitrogen and oxygen atoms in total. The van der Waals surface area contributed by atoms with Gasteiger partial charge in [0.2, 0.25) is 0 Å². The second kappa shape index (κ2) is 19.6. The number of benzene rings is 4. The molecule has 4 aromatic heterocycles. The van der Waals surface area contributed by atoms with Crippen LogP contribution in [0.25, 0.3) is 89.0 Å². The molecule has 62 heavy (non-hydrogen) atoms. The van der Waals surface area contributed by atoms with Crippen LogP contribution < -0.4 is 138 Å². The third-order valence-electron chi connectivity index (χ3n) is 8.82. The van der Waals surface area contributed by atoms with Crippen LogP contribution in [-0.2, 0) is 73.5 Å². The fraction of sp³-hybridized carbons (Fsp3) is 0. The van der Waals surface area contributed by atoms with Gasteiger partial charge >= 0.3 is 151 Å². The Bertz CT molecular complexity index is 3760. The summed E-state index contributed by atoms with van der Waals surface area (Å²) in [4.78, 5) is 22.9. The molecule has 0 unspecified atom stereocenters. The molecule has 0 saturated carbocycles. The first-order chi connectivity index (χ1) is 26.3. The van der Waals surface area contributed by atoms with E-state index in [-0.39, 0.29) is 196 Å². The molecule has 9 rings (SSSR count). The van der Waals surface area contributed by atoms with Crippen LogP contribution >= 0.6 is 0 Å². The third-order valence-corrected chi connectivity index (χ3v) is 12.8. The zero-order valence-electron chi connectivity index (χ0n) is 31.8. The summed E-state index contributed by atoms with van der Waals surface area (Å²) in [7, 11) is -26.0. The van der Waals surface area contributed by atoms with Crippen molar-refractivity contribution in [3.05, 3.63) is 72.8 Å². The van der Waals surface area contributed by atoms with E-state index in [2.05, 4.69) is 34.9 Å². The van der Waals surface area contributed by atoms with Crippen LogP contribution in [0.3, 0.4) is 0 Å². The molecule has 0 amide bonds. The van der Waals surface area contributed by atoms with E-state index in [4.69, 9.17) is 4.98 Å². The van der Waals surface area contributed by atoms with Crippen molar-refractivity contribution in [1.29, 1.82) is 0 Å². The van der Waals surface area contributed by atoms with Crippen LogP contribution in [0, 0.1) is 0 Å². The monoisotopic (exact) mass is 1040 g/mol. The summed E-state index contributed by atoms with van der Waals surface area (Å²) in [6.07, 6.45) is 0. The molecule has 0 atom stereocenters. The van der Waals surface area contributed by atoms with Crippen molar-refractivity contribution in [3.63, 3.8) is 0 Å². The van der Waals surface area contributed by atoms with Crippen molar-refractivity contribution in [1.82, 2.24) is 39.9 Å². The molecule has 8 aromatic rings. The van der Waals surface area contributed by atoms with Crippen LogP contribution in [0.4, 0.5) is 0 Å². The molecule has 1 aliphatic rings. The van der Waals surface area contributed by atoms with Crippen molar-refractivity contribution in [2.75, 3.05) is 0 Å². The van der Waals surface area contributed by atoms with E-state index < -0.39 is 82.1 Å². The maximum absolute atomic E-state index is 13.0. The van der Waals surface area contributed by atoms with Crippen LogP contribution in [-0.4, -0.2) is 71.8 Å². The summed E-state index contributed by atoms with van der Waals surface area (Å²) in [5.41, 5.74) is -1.19. The Labute approximate surface area is 458 Å². The number of nitrogens with zero attached hydrogens (tertiary/aromatic N) is 6. The average molecular weight is 1040 g/mol. The van der Waals surface area contributed by atoms with Gasteiger partial charge in [0, 0.05) is 22.2 Å². The number of fused-ring (bicyclic) bond motifs is 20. The smallest absolute Gasteiger partial charge is 0.744 e. The molecule has 30 heteroatoms. The summed E-state index contributed by atoms with van der Waals surface area (Å²) in [6, 6.07) is 19.6. The Morgan fingerprint density at radius 2 is 0.823 bits per heavy atom. The second-order valence-electron chi connectivity index (χ2n) is 12.1. The number of nitrogens with one attached hydrogen (secondary N) is 2. The van der Waals surface area contributed by atoms with E-state index in [9.17, 15) is 51.9 Å². The SMILES string of the molecule is O=S(=O)([O-])c1c(S(=O)(=O)[O-])c(S(=O)(=O)[O-])c2c3[n-]c4[n-]c([n-]c5[n-]c([nH]c6nc(nc([nH]3)c2c1S(=O)(=O)[O-])-c1ccccc1-6)c1ccccc51)c1ccccc41.[Na+].[Na+].[Na+].[Na+].[Ni+2].[Ni+2]. The molecule has 0 saturated heterocycles. The van der Waals surface area contributed by atoms with Crippen molar-refractivity contribution >= 4 is 107 Å². The minimum absolute atomic E-state index is 0. The van der Waals surface area contributed by atoms with Gasteiger partial charge in [-0.1, -0.05) is 89.2 Å². The minimum atomic E-state index is -6.60. The van der Waals surface area contributed by atoms with Crippen LogP contribution in [0.5, 0.6) is 0 Å². The standard InChI is InChI=1S/C32H18N8O12S4.4Na.2Ni/c41-53(42,43)21-19-20(22(54(44,45)46)24(56(50,51)52)23(21)55(47,48)49)32-39-30-18-12-6-4-10-16(18)28(37-30)35-26-14-8-2-1-7-13(14)25(33-26)34-27-15-9-3-5-11-17(15)29(36-27)38-31(19)40-32;;;;;;/h1-12,40H,(H,34,36,38)(H,41,42,43)(H,44,45,46)(H,47,48,49)(H,50,51,52);;;;;;/q-4;4*+1;2*+2/p-4. The van der Waals surface area contributed by atoms with Gasteiger partial charge in [-0.3, -0.25) is 5.65 Å². The first-order valence-corrected chi connectivity index (χ1v) is 21.1. The van der Waals surface area contributed by atoms with Gasteiger partial charge in [-0.2, -0.15) is 5.65 Å². The van der Waals surface area contributed by atoms with E-state index in [1.165, 1.54) is 12.1 Å². The Balaban J connectivity index is 0.00000171. The van der Waals surface area contributed by atoms with E-state index in [0.717, 1.165) is 0 Å². The fourth-order valence-electron chi connectivity index (χ4n) is 6.72. The maximum atomic E-state index is 13.0. The molecule has 302 valence electrons. The number of aromatic amines is 2. The molecule has 8 bridgehead atoms. The molecule has 0 radical (unpaired) electrons. The Kier molecular flexibility index (Phi) is 17.5. The maximum Gasteiger partial charge on any atom is 2.00 e. The van der Waals surface area contributed by atoms with Crippen LogP contribution in [0.1, 0.15) is 0 Å². The van der Waals surface area contributed by atoms with Crippen LogP contribution in [0.2, 0.25) is 0 Å². The van der Waals surface area contributed by atoms with E-state index in [0.29, 0.717) is 21.7 Å². The topological polar surface area (TPSA) is 343 Å². The van der Waals surface area contributed by atoms with Crippen LogP contribution in [0.15, 0.2) is 92.4 Å². The van der Waals surface area contributed by atoms with Gasteiger partial charge in [-0.25, -0.2) is 49.3 Å². The summed E-state index contributed by atoms with van der Waals surface area (Å²) >= 11 is 0. The van der Waals surface area contributed by atoms with Crippen molar-refractivity contribution in [2.24, 2.45) is 0 Å². The van der Waals surface area contributed by atoms with Gasteiger partial charge in [-0.15, -0.1) is 5.65 Å². The van der Waals surface area contributed by atoms with E-state index in [1.54, 1.807) is 60.7 Å². The van der Waals surface area contributed by atoms with E-state index >= 15 is 0 Å². The Morgan fingerprint density at radius 3 is 1.31 bits per heavy atom. The van der Waals surface area contributed by atoms with Gasteiger partial charge in [0.25, 0.3) is 0 Å². The summed E-state index contributed by atoms with van der Waals surface area (Å²) < 4.78 is 154.